The molecule has 0 unspecified atom stereocenters. The second-order valence-electron chi connectivity index (χ2n) is 4.03. The molecular weight excluding hydrogens is 198 g/mol. The van der Waals surface area contributed by atoms with Crippen molar-refractivity contribution in [2.45, 2.75) is 26.3 Å². The summed E-state index contributed by atoms with van der Waals surface area (Å²) in [5.41, 5.74) is 0.790. The van der Waals surface area contributed by atoms with Crippen molar-refractivity contribution in [3.63, 3.8) is 0 Å². The lowest BCUT2D eigenvalue weighted by Crippen LogP contribution is -2.26. The Kier molecular flexibility index (Phi) is 3.16. The summed E-state index contributed by atoms with van der Waals surface area (Å²) in [7, 11) is 1.39. The molecule has 0 fully saturated rings. The summed E-state index contributed by atoms with van der Waals surface area (Å²) < 4.78 is 4.68. The minimum atomic E-state index is -0.285. The van der Waals surface area contributed by atoms with Gasteiger partial charge in [-0.15, -0.1) is 11.3 Å². The maximum Gasteiger partial charge on any atom is 0.350 e. The Morgan fingerprint density at radius 3 is 2.64 bits per heavy atom. The van der Waals surface area contributed by atoms with Crippen molar-refractivity contribution >= 4 is 23.0 Å². The zero-order valence-electron chi connectivity index (χ0n) is 8.88. The van der Waals surface area contributed by atoms with E-state index < -0.39 is 0 Å². The standard InChI is InChI=1S/C10H15NO2S/c1-10(2,3)11-7-5-6-14-8(7)9(12)13-4/h5-6,11H,1-4H3. The minimum Gasteiger partial charge on any atom is -0.465 e. The molecule has 1 rings (SSSR count). The van der Waals surface area contributed by atoms with E-state index in [1.807, 2.05) is 32.2 Å². The van der Waals surface area contributed by atoms with Gasteiger partial charge in [-0.1, -0.05) is 0 Å². The van der Waals surface area contributed by atoms with Crippen molar-refractivity contribution in [1.82, 2.24) is 0 Å². The third-order valence-corrected chi connectivity index (χ3v) is 2.44. The highest BCUT2D eigenvalue weighted by Gasteiger charge is 2.17. The molecule has 1 N–H and O–H groups in total. The van der Waals surface area contributed by atoms with Gasteiger partial charge < -0.3 is 10.1 Å². The third-order valence-electron chi connectivity index (χ3n) is 1.55. The minimum absolute atomic E-state index is 0.0517. The van der Waals surface area contributed by atoms with Gasteiger partial charge in [0.15, 0.2) is 0 Å². The van der Waals surface area contributed by atoms with E-state index in [-0.39, 0.29) is 11.5 Å². The number of ether oxygens (including phenoxy) is 1. The SMILES string of the molecule is COC(=O)c1sccc1NC(C)(C)C. The molecule has 0 saturated carbocycles. The van der Waals surface area contributed by atoms with Crippen molar-refractivity contribution in [3.8, 4) is 0 Å². The first-order valence-electron chi connectivity index (χ1n) is 4.38. The van der Waals surface area contributed by atoms with E-state index in [2.05, 4.69) is 10.1 Å². The Labute approximate surface area is 88.1 Å². The fourth-order valence-electron chi connectivity index (χ4n) is 1.06. The van der Waals surface area contributed by atoms with Gasteiger partial charge in [0.05, 0.1) is 12.8 Å². The predicted octanol–water partition coefficient (Wildman–Crippen LogP) is 2.75. The fourth-order valence-corrected chi connectivity index (χ4v) is 1.83. The Hall–Kier alpha value is -1.03. The predicted molar refractivity (Wildman–Crippen MR) is 59.0 cm³/mol. The molecule has 1 aromatic rings. The molecule has 0 saturated heterocycles. The first kappa shape index (κ1) is 11.0. The van der Waals surface area contributed by atoms with E-state index >= 15 is 0 Å². The van der Waals surface area contributed by atoms with Crippen LogP contribution in [-0.4, -0.2) is 18.6 Å². The number of thiophene rings is 1. The van der Waals surface area contributed by atoms with Gasteiger partial charge in [0, 0.05) is 5.54 Å². The van der Waals surface area contributed by atoms with Gasteiger partial charge in [-0.2, -0.15) is 0 Å². The molecule has 0 radical (unpaired) electrons. The molecule has 1 heterocycles. The van der Waals surface area contributed by atoms with Crippen molar-refractivity contribution < 1.29 is 9.53 Å². The lowest BCUT2D eigenvalue weighted by molar-refractivity contribution is 0.0607. The zero-order valence-corrected chi connectivity index (χ0v) is 9.70. The van der Waals surface area contributed by atoms with Crippen LogP contribution in [0.5, 0.6) is 0 Å². The number of carbonyl (C=O) groups is 1. The maximum atomic E-state index is 11.3. The highest BCUT2D eigenvalue weighted by molar-refractivity contribution is 7.12. The Morgan fingerprint density at radius 2 is 2.14 bits per heavy atom. The number of rotatable bonds is 2. The first-order chi connectivity index (χ1) is 6.44. The molecule has 0 aromatic carbocycles. The van der Waals surface area contributed by atoms with Gasteiger partial charge in [-0.05, 0) is 32.2 Å². The number of hydrogen-bond acceptors (Lipinski definition) is 4. The lowest BCUT2D eigenvalue weighted by Gasteiger charge is -2.21. The summed E-state index contributed by atoms with van der Waals surface area (Å²) in [5, 5.41) is 5.13. The molecule has 1 aromatic heterocycles. The maximum absolute atomic E-state index is 11.3. The summed E-state index contributed by atoms with van der Waals surface area (Å²) in [5.74, 6) is -0.285. The number of esters is 1. The van der Waals surface area contributed by atoms with Gasteiger partial charge in [-0.25, -0.2) is 4.79 Å². The number of carbonyl (C=O) groups excluding carboxylic acids is 1. The van der Waals surface area contributed by atoms with Crippen molar-refractivity contribution in [2.75, 3.05) is 12.4 Å². The second-order valence-corrected chi connectivity index (χ2v) is 4.95. The smallest absolute Gasteiger partial charge is 0.350 e. The van der Waals surface area contributed by atoms with Crippen LogP contribution in [0.4, 0.5) is 5.69 Å². The van der Waals surface area contributed by atoms with Crippen LogP contribution < -0.4 is 5.32 Å². The molecule has 3 nitrogen and oxygen atoms in total. The average Bonchev–Trinajstić information content (AvgIpc) is 2.48. The highest BCUT2D eigenvalue weighted by Crippen LogP contribution is 2.25. The quantitative estimate of drug-likeness (QED) is 0.768. The van der Waals surface area contributed by atoms with E-state index in [0.717, 1.165) is 5.69 Å². The molecule has 0 atom stereocenters. The van der Waals surface area contributed by atoms with Gasteiger partial charge in [0.2, 0.25) is 0 Å². The zero-order chi connectivity index (χ0) is 10.8. The molecule has 0 bridgehead atoms. The van der Waals surface area contributed by atoms with E-state index in [0.29, 0.717) is 4.88 Å². The van der Waals surface area contributed by atoms with Crippen LogP contribution in [-0.2, 0) is 4.74 Å². The van der Waals surface area contributed by atoms with Crippen molar-refractivity contribution in [2.24, 2.45) is 0 Å². The van der Waals surface area contributed by atoms with Crippen LogP contribution in [0.3, 0.4) is 0 Å². The van der Waals surface area contributed by atoms with Crippen LogP contribution >= 0.6 is 11.3 Å². The molecule has 14 heavy (non-hydrogen) atoms. The molecule has 0 aliphatic carbocycles. The fraction of sp³-hybridized carbons (Fsp3) is 0.500. The molecule has 0 aliphatic heterocycles. The largest absolute Gasteiger partial charge is 0.465 e. The second kappa shape index (κ2) is 4.00. The van der Waals surface area contributed by atoms with Crippen molar-refractivity contribution in [3.05, 3.63) is 16.3 Å². The van der Waals surface area contributed by atoms with Gasteiger partial charge in [0.1, 0.15) is 4.88 Å². The summed E-state index contributed by atoms with van der Waals surface area (Å²) in [6.45, 7) is 6.14. The third kappa shape index (κ3) is 2.73. The number of hydrogen-bond donors (Lipinski definition) is 1. The topological polar surface area (TPSA) is 38.3 Å². The van der Waals surface area contributed by atoms with Crippen LogP contribution in [0.15, 0.2) is 11.4 Å². The summed E-state index contributed by atoms with van der Waals surface area (Å²) >= 11 is 1.39. The number of methoxy groups -OCH3 is 1. The summed E-state index contributed by atoms with van der Waals surface area (Å²) in [4.78, 5) is 12.0. The Morgan fingerprint density at radius 1 is 1.50 bits per heavy atom. The molecule has 78 valence electrons. The lowest BCUT2D eigenvalue weighted by atomic mass is 10.1. The van der Waals surface area contributed by atoms with E-state index in [1.54, 1.807) is 0 Å². The molecule has 4 heteroatoms. The molecule has 0 aliphatic rings. The summed E-state index contributed by atoms with van der Waals surface area (Å²) in [6.07, 6.45) is 0. The van der Waals surface area contributed by atoms with E-state index in [9.17, 15) is 4.79 Å². The van der Waals surface area contributed by atoms with E-state index in [1.165, 1.54) is 18.4 Å². The monoisotopic (exact) mass is 213 g/mol. The van der Waals surface area contributed by atoms with E-state index in [4.69, 9.17) is 0 Å². The normalized spacial score (nSPS) is 11.1. The Balaban J connectivity index is 2.88. The molecule has 0 amide bonds. The van der Waals surface area contributed by atoms with Crippen LogP contribution in [0.25, 0.3) is 0 Å². The van der Waals surface area contributed by atoms with Gasteiger partial charge in [-0.3, -0.25) is 0 Å². The Bertz CT molecular complexity index is 325. The van der Waals surface area contributed by atoms with Crippen LogP contribution in [0, 0.1) is 0 Å². The first-order valence-corrected chi connectivity index (χ1v) is 5.26. The molecular formula is C10H15NO2S. The number of nitrogens with one attached hydrogen (secondary N) is 1. The molecule has 0 spiro atoms. The van der Waals surface area contributed by atoms with Crippen molar-refractivity contribution in [1.29, 1.82) is 0 Å². The average molecular weight is 213 g/mol. The van der Waals surface area contributed by atoms with Gasteiger partial charge >= 0.3 is 5.97 Å². The van der Waals surface area contributed by atoms with Gasteiger partial charge in [0.25, 0.3) is 0 Å². The van der Waals surface area contributed by atoms with Crippen LogP contribution in [0.1, 0.15) is 30.4 Å². The highest BCUT2D eigenvalue weighted by atomic mass is 32.1. The van der Waals surface area contributed by atoms with Crippen LogP contribution in [0.2, 0.25) is 0 Å². The summed E-state index contributed by atoms with van der Waals surface area (Å²) in [6, 6.07) is 1.89. The number of anilines is 1.